The Kier molecular flexibility index (Phi) is 6.55. The lowest BCUT2D eigenvalue weighted by Gasteiger charge is -2.07. The summed E-state index contributed by atoms with van der Waals surface area (Å²) in [4.78, 5) is 12.1. The zero-order valence-corrected chi connectivity index (χ0v) is 18.0. The quantitative estimate of drug-likeness (QED) is 0.296. The van der Waals surface area contributed by atoms with Gasteiger partial charge in [-0.1, -0.05) is 71.7 Å². The first-order chi connectivity index (χ1) is 15.1. The number of ether oxygens (including phenoxy) is 1. The van der Waals surface area contributed by atoms with Crippen LogP contribution < -0.4 is 10.2 Å². The zero-order valence-electron chi connectivity index (χ0n) is 16.5. The van der Waals surface area contributed by atoms with Crippen LogP contribution >= 0.6 is 23.2 Å². The van der Waals surface area contributed by atoms with Crippen LogP contribution in [0.5, 0.6) is 5.75 Å². The van der Waals surface area contributed by atoms with Crippen LogP contribution in [0.1, 0.15) is 11.1 Å². The van der Waals surface area contributed by atoms with Gasteiger partial charge in [0.15, 0.2) is 6.61 Å². The SMILES string of the molecule is O=C(COc1cc(Cl)ccc1Cl)N/N=C/c1cn(Cc2ccccc2)c2ccccc12. The van der Waals surface area contributed by atoms with Crippen LogP contribution in [0.3, 0.4) is 0 Å². The van der Waals surface area contributed by atoms with Crippen molar-refractivity contribution >= 4 is 46.2 Å². The molecular weight excluding hydrogens is 433 g/mol. The van der Waals surface area contributed by atoms with Gasteiger partial charge in [0, 0.05) is 40.3 Å². The Morgan fingerprint density at radius 1 is 1.03 bits per heavy atom. The number of hydrazone groups is 1. The third-order valence-electron chi connectivity index (χ3n) is 4.66. The van der Waals surface area contributed by atoms with E-state index in [-0.39, 0.29) is 6.61 Å². The fraction of sp³-hybridized carbons (Fsp3) is 0.0833. The minimum absolute atomic E-state index is 0.229. The predicted molar refractivity (Wildman–Crippen MR) is 125 cm³/mol. The first-order valence-corrected chi connectivity index (χ1v) is 10.4. The minimum Gasteiger partial charge on any atom is -0.482 e. The van der Waals surface area contributed by atoms with Crippen molar-refractivity contribution in [3.05, 3.63) is 100 Å². The van der Waals surface area contributed by atoms with E-state index in [2.05, 4.69) is 33.3 Å². The molecule has 0 bridgehead atoms. The molecule has 0 fully saturated rings. The third kappa shape index (κ3) is 5.26. The summed E-state index contributed by atoms with van der Waals surface area (Å²) >= 11 is 12.0. The van der Waals surface area contributed by atoms with Crippen molar-refractivity contribution in [3.63, 3.8) is 0 Å². The smallest absolute Gasteiger partial charge is 0.277 e. The van der Waals surface area contributed by atoms with E-state index in [1.165, 1.54) is 5.56 Å². The molecule has 0 spiro atoms. The molecule has 4 rings (SSSR count). The van der Waals surface area contributed by atoms with Gasteiger partial charge in [-0.15, -0.1) is 0 Å². The fourth-order valence-corrected chi connectivity index (χ4v) is 3.56. The minimum atomic E-state index is -0.402. The Morgan fingerprint density at radius 2 is 1.81 bits per heavy atom. The largest absolute Gasteiger partial charge is 0.482 e. The standard InChI is InChI=1S/C24H19Cl2N3O2/c25-19-10-11-21(26)23(12-19)31-16-24(30)28-27-13-18-15-29(14-17-6-2-1-3-7-17)22-9-5-4-8-20(18)22/h1-13,15H,14,16H2,(H,28,30)/b27-13+. The Hall–Kier alpha value is -3.28. The van der Waals surface area contributed by atoms with Crippen LogP contribution in [0.4, 0.5) is 0 Å². The highest BCUT2D eigenvalue weighted by molar-refractivity contribution is 6.34. The highest BCUT2D eigenvalue weighted by Gasteiger charge is 2.08. The second-order valence-electron chi connectivity index (χ2n) is 6.87. The molecule has 156 valence electrons. The van der Waals surface area contributed by atoms with Crippen molar-refractivity contribution in [2.45, 2.75) is 6.54 Å². The van der Waals surface area contributed by atoms with E-state index in [4.69, 9.17) is 27.9 Å². The van der Waals surface area contributed by atoms with Gasteiger partial charge in [0.05, 0.1) is 11.2 Å². The number of fused-ring (bicyclic) bond motifs is 1. The molecule has 0 aliphatic carbocycles. The molecule has 0 atom stereocenters. The van der Waals surface area contributed by atoms with Crippen LogP contribution in [-0.2, 0) is 11.3 Å². The number of hydrogen-bond acceptors (Lipinski definition) is 3. The summed E-state index contributed by atoms with van der Waals surface area (Å²) in [6, 6.07) is 23.1. The molecule has 4 aromatic rings. The van der Waals surface area contributed by atoms with Gasteiger partial charge in [0.25, 0.3) is 5.91 Å². The van der Waals surface area contributed by atoms with Crippen molar-refractivity contribution in [1.82, 2.24) is 9.99 Å². The molecule has 0 saturated carbocycles. The van der Waals surface area contributed by atoms with E-state index in [0.29, 0.717) is 15.8 Å². The maximum Gasteiger partial charge on any atom is 0.277 e. The molecule has 1 aromatic heterocycles. The summed E-state index contributed by atoms with van der Waals surface area (Å²) in [5.41, 5.74) is 5.69. The van der Waals surface area contributed by atoms with Crippen LogP contribution in [0.25, 0.3) is 10.9 Å². The topological polar surface area (TPSA) is 55.6 Å². The monoisotopic (exact) mass is 451 g/mol. The van der Waals surface area contributed by atoms with Crippen LogP contribution in [-0.4, -0.2) is 23.3 Å². The highest BCUT2D eigenvalue weighted by Crippen LogP contribution is 2.27. The lowest BCUT2D eigenvalue weighted by molar-refractivity contribution is -0.123. The third-order valence-corrected chi connectivity index (χ3v) is 5.21. The van der Waals surface area contributed by atoms with Crippen molar-refractivity contribution in [2.24, 2.45) is 5.10 Å². The number of carbonyl (C=O) groups excluding carboxylic acids is 1. The van der Waals surface area contributed by atoms with Crippen molar-refractivity contribution in [3.8, 4) is 5.75 Å². The number of carbonyl (C=O) groups is 1. The summed E-state index contributed by atoms with van der Waals surface area (Å²) in [7, 11) is 0. The maximum absolute atomic E-state index is 12.1. The Labute approximate surface area is 189 Å². The number of hydrogen-bond donors (Lipinski definition) is 1. The van der Waals surface area contributed by atoms with Gasteiger partial charge in [-0.05, 0) is 23.8 Å². The average Bonchev–Trinajstić information content (AvgIpc) is 3.12. The average molecular weight is 452 g/mol. The number of rotatable bonds is 7. The van der Waals surface area contributed by atoms with Crippen molar-refractivity contribution in [1.29, 1.82) is 0 Å². The van der Waals surface area contributed by atoms with Gasteiger partial charge in [-0.3, -0.25) is 4.79 Å². The molecule has 0 radical (unpaired) electrons. The van der Waals surface area contributed by atoms with Gasteiger partial charge in [-0.25, -0.2) is 5.43 Å². The molecule has 1 N–H and O–H groups in total. The normalized spacial score (nSPS) is 11.2. The Morgan fingerprint density at radius 3 is 2.65 bits per heavy atom. The van der Waals surface area contributed by atoms with E-state index < -0.39 is 5.91 Å². The molecule has 3 aromatic carbocycles. The number of nitrogens with zero attached hydrogens (tertiary/aromatic N) is 2. The number of halogens is 2. The Bertz CT molecular complexity index is 1240. The molecule has 7 heteroatoms. The number of nitrogens with one attached hydrogen (secondary N) is 1. The molecule has 0 aliphatic heterocycles. The molecular formula is C24H19Cl2N3O2. The van der Waals surface area contributed by atoms with Gasteiger partial charge in [0.1, 0.15) is 5.75 Å². The van der Waals surface area contributed by atoms with Gasteiger partial charge >= 0.3 is 0 Å². The summed E-state index contributed by atoms with van der Waals surface area (Å²) < 4.78 is 7.58. The molecule has 0 saturated heterocycles. The van der Waals surface area contributed by atoms with E-state index in [1.54, 1.807) is 24.4 Å². The van der Waals surface area contributed by atoms with Gasteiger partial charge < -0.3 is 9.30 Å². The van der Waals surface area contributed by atoms with E-state index in [0.717, 1.165) is 23.0 Å². The number of aromatic nitrogens is 1. The van der Waals surface area contributed by atoms with Crippen LogP contribution in [0, 0.1) is 0 Å². The summed E-state index contributed by atoms with van der Waals surface area (Å²) in [5.74, 6) is -0.0578. The molecule has 0 unspecified atom stereocenters. The summed E-state index contributed by atoms with van der Waals surface area (Å²) in [6.07, 6.45) is 3.66. The van der Waals surface area contributed by atoms with E-state index in [9.17, 15) is 4.79 Å². The molecule has 0 aliphatic rings. The highest BCUT2D eigenvalue weighted by atomic mass is 35.5. The second kappa shape index (κ2) is 9.69. The maximum atomic E-state index is 12.1. The fourth-order valence-electron chi connectivity index (χ4n) is 3.23. The lowest BCUT2D eigenvalue weighted by atomic mass is 10.2. The van der Waals surface area contributed by atoms with Crippen molar-refractivity contribution in [2.75, 3.05) is 6.61 Å². The van der Waals surface area contributed by atoms with Gasteiger partial charge in [0.2, 0.25) is 0 Å². The number of para-hydroxylation sites is 1. The number of amides is 1. The molecule has 1 amide bonds. The molecule has 31 heavy (non-hydrogen) atoms. The summed E-state index contributed by atoms with van der Waals surface area (Å²) in [5, 5.41) is 6.00. The molecule has 5 nitrogen and oxygen atoms in total. The van der Waals surface area contributed by atoms with Gasteiger partial charge in [-0.2, -0.15) is 5.10 Å². The zero-order chi connectivity index (χ0) is 21.6. The Balaban J connectivity index is 1.43. The van der Waals surface area contributed by atoms with Crippen molar-refractivity contribution < 1.29 is 9.53 Å². The van der Waals surface area contributed by atoms with Crippen LogP contribution in [0.15, 0.2) is 84.1 Å². The lowest BCUT2D eigenvalue weighted by Crippen LogP contribution is -2.24. The predicted octanol–water partition coefficient (Wildman–Crippen LogP) is 5.53. The van der Waals surface area contributed by atoms with Crippen LogP contribution in [0.2, 0.25) is 10.0 Å². The van der Waals surface area contributed by atoms with E-state index >= 15 is 0 Å². The first kappa shape index (κ1) is 21.0. The second-order valence-corrected chi connectivity index (χ2v) is 7.72. The van der Waals surface area contributed by atoms with E-state index in [1.807, 2.05) is 42.6 Å². The summed E-state index contributed by atoms with van der Waals surface area (Å²) in [6.45, 7) is 0.517. The number of benzene rings is 3. The first-order valence-electron chi connectivity index (χ1n) is 9.62. The molecule has 1 heterocycles.